The first-order valence-electron chi connectivity index (χ1n) is 9.63. The second-order valence-electron chi connectivity index (χ2n) is 6.88. The first-order valence-corrected chi connectivity index (χ1v) is 11.1. The minimum Gasteiger partial charge on any atom is -0.395 e. The zero-order valence-corrected chi connectivity index (χ0v) is 17.2. The van der Waals surface area contributed by atoms with Crippen molar-refractivity contribution >= 4 is 21.6 Å². The molecular weight excluding hydrogens is 392 g/mol. The van der Waals surface area contributed by atoms with Crippen LogP contribution >= 0.6 is 0 Å². The average molecular weight is 419 g/mol. The molecule has 2 N–H and O–H groups in total. The van der Waals surface area contributed by atoms with Gasteiger partial charge in [0.2, 0.25) is 10.0 Å². The van der Waals surface area contributed by atoms with Crippen LogP contribution in [0.2, 0.25) is 0 Å². The predicted molar refractivity (Wildman–Crippen MR) is 110 cm³/mol. The van der Waals surface area contributed by atoms with Crippen LogP contribution in [-0.2, 0) is 10.0 Å². The predicted octanol–water partition coefficient (Wildman–Crippen LogP) is 1.41. The fourth-order valence-electron chi connectivity index (χ4n) is 3.39. The van der Waals surface area contributed by atoms with Crippen molar-refractivity contribution in [3.8, 4) is 0 Å². The third kappa shape index (κ3) is 4.99. The molecule has 1 unspecified atom stereocenters. The quantitative estimate of drug-likeness (QED) is 0.705. The van der Waals surface area contributed by atoms with Gasteiger partial charge in [-0.1, -0.05) is 19.1 Å². The van der Waals surface area contributed by atoms with Crippen LogP contribution in [0.1, 0.15) is 23.8 Å². The van der Waals surface area contributed by atoms with Crippen molar-refractivity contribution in [1.82, 2.24) is 14.2 Å². The molecule has 2 heterocycles. The minimum atomic E-state index is -3.67. The van der Waals surface area contributed by atoms with Crippen molar-refractivity contribution in [3.63, 3.8) is 0 Å². The Balaban J connectivity index is 1.70. The number of aliphatic hydroxyl groups is 1. The van der Waals surface area contributed by atoms with E-state index in [1.807, 2.05) is 6.92 Å². The van der Waals surface area contributed by atoms with Gasteiger partial charge in [-0.2, -0.15) is 4.31 Å². The molecule has 0 aliphatic carbocycles. The number of benzene rings is 1. The summed E-state index contributed by atoms with van der Waals surface area (Å²) in [7, 11) is -3.67. The van der Waals surface area contributed by atoms with Crippen LogP contribution < -0.4 is 5.32 Å². The Morgan fingerprint density at radius 1 is 1.17 bits per heavy atom. The van der Waals surface area contributed by atoms with Gasteiger partial charge >= 0.3 is 0 Å². The van der Waals surface area contributed by atoms with Crippen LogP contribution in [0.25, 0.3) is 0 Å². The number of hydrogen-bond donors (Lipinski definition) is 2. The van der Waals surface area contributed by atoms with E-state index in [0.29, 0.717) is 31.9 Å². The Morgan fingerprint density at radius 2 is 1.93 bits per heavy atom. The van der Waals surface area contributed by atoms with Crippen molar-refractivity contribution in [1.29, 1.82) is 0 Å². The van der Waals surface area contributed by atoms with E-state index in [4.69, 9.17) is 0 Å². The zero-order valence-electron chi connectivity index (χ0n) is 16.4. The van der Waals surface area contributed by atoms with Crippen LogP contribution in [0, 0.1) is 0 Å². The fourth-order valence-corrected chi connectivity index (χ4v) is 4.86. The second-order valence-corrected chi connectivity index (χ2v) is 8.82. The van der Waals surface area contributed by atoms with E-state index >= 15 is 0 Å². The molecule has 9 heteroatoms. The van der Waals surface area contributed by atoms with Gasteiger partial charge in [0.25, 0.3) is 5.91 Å². The molecule has 1 aliphatic rings. The minimum absolute atomic E-state index is 0.0602. The first-order chi connectivity index (χ1) is 14.0. The summed E-state index contributed by atoms with van der Waals surface area (Å²) < 4.78 is 27.5. The number of nitrogens with zero attached hydrogens (tertiary/aromatic N) is 3. The highest BCUT2D eigenvalue weighted by molar-refractivity contribution is 7.89. The fraction of sp³-hybridized carbons (Fsp3) is 0.400. The number of rotatable bonds is 7. The molecule has 3 rings (SSSR count). The van der Waals surface area contributed by atoms with E-state index in [0.717, 1.165) is 6.42 Å². The van der Waals surface area contributed by atoms with Crippen molar-refractivity contribution < 1.29 is 18.3 Å². The molecule has 1 saturated heterocycles. The summed E-state index contributed by atoms with van der Waals surface area (Å²) in [5.74, 6) is -0.400. The molecule has 1 atom stereocenters. The molecule has 0 saturated carbocycles. The number of aliphatic hydroxyl groups excluding tert-OH is 1. The molecular formula is C20H26N4O4S. The van der Waals surface area contributed by atoms with Gasteiger partial charge in [0.15, 0.2) is 0 Å². The number of carbonyl (C=O) groups is 1. The van der Waals surface area contributed by atoms with Gasteiger partial charge < -0.3 is 10.4 Å². The van der Waals surface area contributed by atoms with Crippen LogP contribution in [-0.4, -0.2) is 72.4 Å². The molecule has 8 nitrogen and oxygen atoms in total. The van der Waals surface area contributed by atoms with Gasteiger partial charge in [-0.3, -0.25) is 14.7 Å². The Kier molecular flexibility index (Phi) is 6.96. The summed E-state index contributed by atoms with van der Waals surface area (Å²) in [5.41, 5.74) is 0.651. The van der Waals surface area contributed by atoms with Gasteiger partial charge in [-0.25, -0.2) is 8.42 Å². The summed E-state index contributed by atoms with van der Waals surface area (Å²) in [6, 6.07) is 11.3. The smallest absolute Gasteiger partial charge is 0.274 e. The number of pyridine rings is 1. The third-order valence-electron chi connectivity index (χ3n) is 5.10. The standard InChI is InChI=1S/C20H26N4O4S/c1-2-17(15-25)23-10-12-24(13-11-23)29(27,28)18-7-5-6-16(14-18)22-20(26)19-8-3-4-9-21-19/h3-9,14,17,25H,2,10-13,15H2,1H3,(H,22,26). The number of hydrogen-bond acceptors (Lipinski definition) is 6. The van der Waals surface area contributed by atoms with Crippen LogP contribution in [0.4, 0.5) is 5.69 Å². The van der Waals surface area contributed by atoms with Crippen molar-refractivity contribution in [3.05, 3.63) is 54.4 Å². The average Bonchev–Trinajstić information content (AvgIpc) is 2.76. The van der Waals surface area contributed by atoms with E-state index in [1.165, 1.54) is 22.6 Å². The number of aromatic nitrogens is 1. The maximum Gasteiger partial charge on any atom is 0.274 e. The normalized spacial score (nSPS) is 17.0. The maximum absolute atomic E-state index is 13.0. The van der Waals surface area contributed by atoms with Crippen molar-refractivity contribution in [2.75, 3.05) is 38.1 Å². The lowest BCUT2D eigenvalue weighted by Crippen LogP contribution is -2.52. The number of carbonyl (C=O) groups excluding carboxylic acids is 1. The highest BCUT2D eigenvalue weighted by Gasteiger charge is 2.30. The van der Waals surface area contributed by atoms with Crippen LogP contribution in [0.15, 0.2) is 53.6 Å². The SMILES string of the molecule is CCC(CO)N1CCN(S(=O)(=O)c2cccc(NC(=O)c3ccccn3)c2)CC1. The third-order valence-corrected chi connectivity index (χ3v) is 6.99. The number of sulfonamides is 1. The van der Waals surface area contributed by atoms with E-state index in [9.17, 15) is 18.3 Å². The van der Waals surface area contributed by atoms with E-state index in [2.05, 4.69) is 15.2 Å². The molecule has 0 radical (unpaired) electrons. The number of anilines is 1. The summed E-state index contributed by atoms with van der Waals surface area (Å²) in [5, 5.41) is 12.1. The van der Waals surface area contributed by atoms with Crippen LogP contribution in [0.3, 0.4) is 0 Å². The van der Waals surface area contributed by atoms with Gasteiger partial charge in [-0.15, -0.1) is 0 Å². The topological polar surface area (TPSA) is 103 Å². The van der Waals surface area contributed by atoms with Gasteiger partial charge in [0.05, 0.1) is 11.5 Å². The van der Waals surface area contributed by atoms with Crippen molar-refractivity contribution in [2.45, 2.75) is 24.3 Å². The second kappa shape index (κ2) is 9.45. The lowest BCUT2D eigenvalue weighted by molar-refractivity contribution is 0.0881. The summed E-state index contributed by atoms with van der Waals surface area (Å²) in [6.07, 6.45) is 2.34. The Labute approximate surface area is 171 Å². The Hall–Kier alpha value is -2.33. The lowest BCUT2D eigenvalue weighted by atomic mass is 10.2. The molecule has 1 amide bonds. The van der Waals surface area contributed by atoms with Crippen molar-refractivity contribution in [2.24, 2.45) is 0 Å². The Morgan fingerprint density at radius 3 is 2.55 bits per heavy atom. The van der Waals surface area contributed by atoms with Crippen LogP contribution in [0.5, 0.6) is 0 Å². The molecule has 1 aliphatic heterocycles. The Bertz CT molecular complexity index is 925. The number of nitrogens with one attached hydrogen (secondary N) is 1. The van der Waals surface area contributed by atoms with Gasteiger partial charge in [0.1, 0.15) is 5.69 Å². The molecule has 156 valence electrons. The number of amides is 1. The molecule has 0 spiro atoms. The summed E-state index contributed by atoms with van der Waals surface area (Å²) in [4.78, 5) is 18.5. The monoisotopic (exact) mass is 418 g/mol. The molecule has 1 aromatic heterocycles. The molecule has 2 aromatic rings. The molecule has 1 fully saturated rings. The first kappa shape index (κ1) is 21.4. The number of piperazine rings is 1. The zero-order chi connectivity index (χ0) is 20.9. The maximum atomic E-state index is 13.0. The summed E-state index contributed by atoms with van der Waals surface area (Å²) >= 11 is 0. The largest absolute Gasteiger partial charge is 0.395 e. The highest BCUT2D eigenvalue weighted by Crippen LogP contribution is 2.22. The van der Waals surface area contributed by atoms with Gasteiger partial charge in [-0.05, 0) is 36.8 Å². The molecule has 1 aromatic carbocycles. The summed E-state index contributed by atoms with van der Waals surface area (Å²) in [6.45, 7) is 3.96. The molecule has 0 bridgehead atoms. The van der Waals surface area contributed by atoms with Gasteiger partial charge in [0, 0.05) is 44.1 Å². The van der Waals surface area contributed by atoms with E-state index in [-0.39, 0.29) is 23.2 Å². The molecule has 29 heavy (non-hydrogen) atoms. The lowest BCUT2D eigenvalue weighted by Gasteiger charge is -2.37. The van der Waals surface area contributed by atoms with E-state index in [1.54, 1.807) is 30.3 Å². The van der Waals surface area contributed by atoms with E-state index < -0.39 is 15.9 Å². The highest BCUT2D eigenvalue weighted by atomic mass is 32.2.